The van der Waals surface area contributed by atoms with Crippen molar-refractivity contribution in [3.63, 3.8) is 0 Å². The number of rotatable bonds is 3. The van der Waals surface area contributed by atoms with Crippen LogP contribution in [0.25, 0.3) is 0 Å². The molecule has 0 radical (unpaired) electrons. The van der Waals surface area contributed by atoms with Crippen LogP contribution in [0.4, 0.5) is 5.69 Å². The maximum Gasteiger partial charge on any atom is 0.170 e. The van der Waals surface area contributed by atoms with Gasteiger partial charge in [-0.1, -0.05) is 0 Å². The molecule has 3 N–H and O–H groups in total. The molecular weight excluding hydrogens is 260 g/mol. The van der Waals surface area contributed by atoms with Crippen LogP contribution in [-0.2, 0) is 0 Å². The third-order valence-corrected chi connectivity index (χ3v) is 3.60. The SMILES string of the molecule is COc1ccc(NC(=S)NC2CCC(O)CC2)cc1. The summed E-state index contributed by atoms with van der Waals surface area (Å²) in [7, 11) is 1.64. The molecule has 0 spiro atoms. The fourth-order valence-electron chi connectivity index (χ4n) is 2.25. The van der Waals surface area contributed by atoms with Gasteiger partial charge in [0.05, 0.1) is 13.2 Å². The summed E-state index contributed by atoms with van der Waals surface area (Å²) < 4.78 is 5.11. The lowest BCUT2D eigenvalue weighted by Crippen LogP contribution is -2.40. The average molecular weight is 280 g/mol. The van der Waals surface area contributed by atoms with Crippen LogP contribution in [0, 0.1) is 0 Å². The molecule has 0 aliphatic heterocycles. The highest BCUT2D eigenvalue weighted by molar-refractivity contribution is 7.80. The molecule has 19 heavy (non-hydrogen) atoms. The highest BCUT2D eigenvalue weighted by Gasteiger charge is 2.19. The minimum absolute atomic E-state index is 0.138. The number of aliphatic hydroxyl groups is 1. The van der Waals surface area contributed by atoms with Gasteiger partial charge in [-0.25, -0.2) is 0 Å². The second-order valence-corrected chi connectivity index (χ2v) is 5.24. The van der Waals surface area contributed by atoms with Crippen molar-refractivity contribution < 1.29 is 9.84 Å². The van der Waals surface area contributed by atoms with Gasteiger partial charge in [-0.15, -0.1) is 0 Å². The topological polar surface area (TPSA) is 53.5 Å². The third kappa shape index (κ3) is 4.36. The number of hydrogen-bond donors (Lipinski definition) is 3. The molecule has 104 valence electrons. The molecule has 0 bridgehead atoms. The number of thiocarbonyl (C=S) groups is 1. The molecule has 1 fully saturated rings. The number of anilines is 1. The minimum atomic E-state index is -0.138. The summed E-state index contributed by atoms with van der Waals surface area (Å²) >= 11 is 5.29. The molecule has 2 rings (SSSR count). The zero-order valence-corrected chi connectivity index (χ0v) is 11.9. The lowest BCUT2D eigenvalue weighted by atomic mass is 9.93. The zero-order valence-electron chi connectivity index (χ0n) is 11.1. The molecule has 0 unspecified atom stereocenters. The van der Waals surface area contributed by atoms with E-state index < -0.39 is 0 Å². The molecule has 5 heteroatoms. The summed E-state index contributed by atoms with van der Waals surface area (Å²) in [5.74, 6) is 0.825. The van der Waals surface area contributed by atoms with Crippen LogP contribution < -0.4 is 15.4 Å². The van der Waals surface area contributed by atoms with Gasteiger partial charge in [0.15, 0.2) is 5.11 Å². The van der Waals surface area contributed by atoms with Crippen molar-refractivity contribution in [2.75, 3.05) is 12.4 Å². The average Bonchev–Trinajstić information content (AvgIpc) is 2.42. The number of benzene rings is 1. The van der Waals surface area contributed by atoms with E-state index in [4.69, 9.17) is 17.0 Å². The Morgan fingerprint density at radius 2 is 1.84 bits per heavy atom. The number of nitrogens with one attached hydrogen (secondary N) is 2. The van der Waals surface area contributed by atoms with Crippen LogP contribution in [0.3, 0.4) is 0 Å². The van der Waals surface area contributed by atoms with Gasteiger partial charge in [-0.2, -0.15) is 0 Å². The first-order valence-electron chi connectivity index (χ1n) is 6.57. The van der Waals surface area contributed by atoms with Crippen molar-refractivity contribution in [1.82, 2.24) is 5.32 Å². The predicted molar refractivity (Wildman–Crippen MR) is 80.6 cm³/mol. The van der Waals surface area contributed by atoms with E-state index in [1.54, 1.807) is 7.11 Å². The van der Waals surface area contributed by atoms with Crippen molar-refractivity contribution in [3.05, 3.63) is 24.3 Å². The van der Waals surface area contributed by atoms with E-state index in [0.29, 0.717) is 11.2 Å². The quantitative estimate of drug-likeness (QED) is 0.742. The summed E-state index contributed by atoms with van der Waals surface area (Å²) in [5.41, 5.74) is 0.939. The number of aliphatic hydroxyl groups excluding tert-OH is 1. The smallest absolute Gasteiger partial charge is 0.170 e. The Morgan fingerprint density at radius 1 is 1.21 bits per heavy atom. The first kappa shape index (κ1) is 14.1. The first-order valence-corrected chi connectivity index (χ1v) is 6.98. The van der Waals surface area contributed by atoms with Crippen molar-refractivity contribution in [1.29, 1.82) is 0 Å². The van der Waals surface area contributed by atoms with Crippen LogP contribution in [0.15, 0.2) is 24.3 Å². The van der Waals surface area contributed by atoms with Gasteiger partial charge in [-0.3, -0.25) is 0 Å². The number of methoxy groups -OCH3 is 1. The lowest BCUT2D eigenvalue weighted by Gasteiger charge is -2.27. The molecule has 0 aromatic heterocycles. The molecular formula is C14H20N2O2S. The fraction of sp³-hybridized carbons (Fsp3) is 0.500. The second-order valence-electron chi connectivity index (χ2n) is 4.83. The standard InChI is InChI=1S/C14H20N2O2S/c1-18-13-8-4-11(5-9-13)16-14(19)15-10-2-6-12(17)7-3-10/h4-5,8-10,12,17H,2-3,6-7H2,1H3,(H2,15,16,19). The van der Waals surface area contributed by atoms with E-state index in [9.17, 15) is 5.11 Å². The molecule has 1 aliphatic carbocycles. The van der Waals surface area contributed by atoms with Crippen molar-refractivity contribution in [3.8, 4) is 5.75 Å². The van der Waals surface area contributed by atoms with Crippen molar-refractivity contribution in [2.45, 2.75) is 37.8 Å². The van der Waals surface area contributed by atoms with Gasteiger partial charge in [0.25, 0.3) is 0 Å². The first-order chi connectivity index (χ1) is 9.17. The van der Waals surface area contributed by atoms with E-state index >= 15 is 0 Å². The normalized spacial score (nSPS) is 22.6. The van der Waals surface area contributed by atoms with E-state index in [-0.39, 0.29) is 6.10 Å². The Balaban J connectivity index is 1.80. The zero-order chi connectivity index (χ0) is 13.7. The monoisotopic (exact) mass is 280 g/mol. The highest BCUT2D eigenvalue weighted by atomic mass is 32.1. The summed E-state index contributed by atoms with van der Waals surface area (Å²) in [6, 6.07) is 8.00. The third-order valence-electron chi connectivity index (χ3n) is 3.38. The molecule has 0 heterocycles. The highest BCUT2D eigenvalue weighted by Crippen LogP contribution is 2.19. The Labute approximate surface area is 119 Å². The van der Waals surface area contributed by atoms with Gasteiger partial charge in [0.2, 0.25) is 0 Å². The summed E-state index contributed by atoms with van der Waals surface area (Å²) in [6.07, 6.45) is 3.49. The maximum absolute atomic E-state index is 9.46. The molecule has 1 aromatic carbocycles. The van der Waals surface area contributed by atoms with Crippen LogP contribution in [-0.4, -0.2) is 29.5 Å². The van der Waals surface area contributed by atoms with Crippen molar-refractivity contribution in [2.24, 2.45) is 0 Å². The Hall–Kier alpha value is -1.33. The largest absolute Gasteiger partial charge is 0.497 e. The van der Waals surface area contributed by atoms with Crippen LogP contribution in [0.1, 0.15) is 25.7 Å². The lowest BCUT2D eigenvalue weighted by molar-refractivity contribution is 0.120. The van der Waals surface area contributed by atoms with Gasteiger partial charge >= 0.3 is 0 Å². The van der Waals surface area contributed by atoms with E-state index in [1.165, 1.54) is 0 Å². The number of hydrogen-bond acceptors (Lipinski definition) is 3. The Bertz CT molecular complexity index is 414. The molecule has 0 atom stereocenters. The van der Waals surface area contributed by atoms with E-state index in [2.05, 4.69) is 10.6 Å². The Morgan fingerprint density at radius 3 is 2.42 bits per heavy atom. The molecule has 4 nitrogen and oxygen atoms in total. The molecule has 1 aliphatic rings. The van der Waals surface area contributed by atoms with Crippen molar-refractivity contribution >= 4 is 23.0 Å². The Kier molecular flexibility index (Phi) is 4.99. The van der Waals surface area contributed by atoms with Gasteiger partial charge in [0.1, 0.15) is 5.75 Å². The van der Waals surface area contributed by atoms with Gasteiger partial charge < -0.3 is 20.5 Å². The van der Waals surface area contributed by atoms with Crippen LogP contribution >= 0.6 is 12.2 Å². The number of ether oxygens (including phenoxy) is 1. The van der Waals surface area contributed by atoms with Gasteiger partial charge in [-0.05, 0) is 62.2 Å². The molecule has 1 saturated carbocycles. The fourth-order valence-corrected chi connectivity index (χ4v) is 2.53. The molecule has 1 aromatic rings. The van der Waals surface area contributed by atoms with E-state index in [0.717, 1.165) is 37.1 Å². The van der Waals surface area contributed by atoms with Crippen LogP contribution in [0.2, 0.25) is 0 Å². The van der Waals surface area contributed by atoms with E-state index in [1.807, 2.05) is 24.3 Å². The second kappa shape index (κ2) is 6.73. The van der Waals surface area contributed by atoms with Gasteiger partial charge in [0, 0.05) is 11.7 Å². The molecule has 0 saturated heterocycles. The predicted octanol–water partition coefficient (Wildman–Crippen LogP) is 2.29. The summed E-state index contributed by atoms with van der Waals surface area (Å²) in [4.78, 5) is 0. The summed E-state index contributed by atoms with van der Waals surface area (Å²) in [6.45, 7) is 0. The molecule has 0 amide bonds. The van der Waals surface area contributed by atoms with Crippen LogP contribution in [0.5, 0.6) is 5.75 Å². The minimum Gasteiger partial charge on any atom is -0.497 e. The summed E-state index contributed by atoms with van der Waals surface area (Å²) in [5, 5.41) is 16.5. The maximum atomic E-state index is 9.46.